The van der Waals surface area contributed by atoms with Crippen molar-refractivity contribution < 1.29 is 9.53 Å². The van der Waals surface area contributed by atoms with E-state index in [0.29, 0.717) is 45.1 Å². The molecule has 1 aromatic carbocycles. The number of nitrogens with one attached hydrogen (secondary N) is 3. The van der Waals surface area contributed by atoms with E-state index >= 15 is 0 Å². The molecule has 156 valence electrons. The number of fused-ring (bicyclic) bond motifs is 1. The summed E-state index contributed by atoms with van der Waals surface area (Å²) in [5.41, 5.74) is 2.83. The number of H-pyrrole nitrogens is 1. The number of benzene rings is 1. The van der Waals surface area contributed by atoms with Crippen molar-refractivity contribution in [1.29, 1.82) is 0 Å². The molecule has 3 aromatic heterocycles. The van der Waals surface area contributed by atoms with E-state index in [9.17, 15) is 9.59 Å². The highest BCUT2D eigenvalue weighted by Gasteiger charge is 2.14. The van der Waals surface area contributed by atoms with Crippen LogP contribution in [0.25, 0.3) is 22.2 Å². The third-order valence-electron chi connectivity index (χ3n) is 4.80. The fraction of sp³-hybridized carbons (Fsp3) is 0.136. The molecule has 3 N–H and O–H groups in total. The van der Waals surface area contributed by atoms with Gasteiger partial charge in [0.2, 0.25) is 5.88 Å². The van der Waals surface area contributed by atoms with E-state index in [1.165, 1.54) is 13.3 Å². The summed E-state index contributed by atoms with van der Waals surface area (Å²) in [6.45, 7) is 1.84. The predicted octanol–water partition coefficient (Wildman–Crippen LogP) is 2.80. The molecule has 3 heterocycles. The number of ether oxygens (including phenoxy) is 1. The van der Waals surface area contributed by atoms with Crippen LogP contribution in [-0.2, 0) is 0 Å². The highest BCUT2D eigenvalue weighted by Crippen LogP contribution is 2.28. The number of aryl methyl sites for hydroxylation is 1. The van der Waals surface area contributed by atoms with Crippen molar-refractivity contribution in [2.24, 2.45) is 0 Å². The lowest BCUT2D eigenvalue weighted by Gasteiger charge is -2.13. The topological polar surface area (TPSA) is 122 Å². The summed E-state index contributed by atoms with van der Waals surface area (Å²) in [4.78, 5) is 40.4. The molecule has 4 aromatic rings. The largest absolute Gasteiger partial charge is 0.480 e. The molecular formula is C22H20N6O3. The van der Waals surface area contributed by atoms with E-state index in [2.05, 4.69) is 30.6 Å². The summed E-state index contributed by atoms with van der Waals surface area (Å²) >= 11 is 0. The van der Waals surface area contributed by atoms with Gasteiger partial charge in [-0.25, -0.2) is 9.97 Å². The molecule has 31 heavy (non-hydrogen) atoms. The fourth-order valence-electron chi connectivity index (χ4n) is 3.27. The molecule has 0 unspecified atom stereocenters. The number of hydrogen-bond donors (Lipinski definition) is 3. The third kappa shape index (κ3) is 3.93. The highest BCUT2D eigenvalue weighted by molar-refractivity contribution is 5.97. The molecule has 0 saturated heterocycles. The Kier molecular flexibility index (Phi) is 5.31. The summed E-state index contributed by atoms with van der Waals surface area (Å²) in [7, 11) is 3.10. The molecular weight excluding hydrogens is 396 g/mol. The Morgan fingerprint density at radius 2 is 1.94 bits per heavy atom. The normalized spacial score (nSPS) is 10.7. The number of carbonyl (C=O) groups excluding carboxylic acids is 1. The second-order valence-electron chi connectivity index (χ2n) is 6.81. The van der Waals surface area contributed by atoms with Crippen LogP contribution in [0.1, 0.15) is 15.9 Å². The SMILES string of the molecule is CNC(=O)c1ccc(Nc2nc(-c3cncc(OC)n3)cc3cc[nH]c(=O)c23)cc1C. The first-order chi connectivity index (χ1) is 15.0. The van der Waals surface area contributed by atoms with E-state index in [1.807, 2.05) is 13.0 Å². The summed E-state index contributed by atoms with van der Waals surface area (Å²) in [6.07, 6.45) is 4.67. The van der Waals surface area contributed by atoms with Gasteiger partial charge in [0.05, 0.1) is 30.6 Å². The Balaban J connectivity index is 1.83. The monoisotopic (exact) mass is 416 g/mol. The van der Waals surface area contributed by atoms with Gasteiger partial charge in [0.25, 0.3) is 11.5 Å². The molecule has 0 aliphatic carbocycles. The first-order valence-corrected chi connectivity index (χ1v) is 9.48. The van der Waals surface area contributed by atoms with Crippen molar-refractivity contribution in [2.75, 3.05) is 19.5 Å². The first-order valence-electron chi connectivity index (χ1n) is 9.48. The quantitative estimate of drug-likeness (QED) is 0.457. The van der Waals surface area contributed by atoms with Gasteiger partial charge < -0.3 is 20.4 Å². The van der Waals surface area contributed by atoms with Crippen molar-refractivity contribution in [3.8, 4) is 17.3 Å². The lowest BCUT2D eigenvalue weighted by molar-refractivity contribution is 0.0962. The molecule has 9 heteroatoms. The summed E-state index contributed by atoms with van der Waals surface area (Å²) in [6, 6.07) is 8.88. The van der Waals surface area contributed by atoms with E-state index in [1.54, 1.807) is 43.7 Å². The number of aromatic nitrogens is 4. The average molecular weight is 416 g/mol. The molecule has 4 rings (SSSR count). The zero-order chi connectivity index (χ0) is 22.0. The number of amides is 1. The second-order valence-corrected chi connectivity index (χ2v) is 6.81. The Morgan fingerprint density at radius 3 is 2.68 bits per heavy atom. The molecule has 0 fully saturated rings. The molecule has 0 aliphatic rings. The van der Waals surface area contributed by atoms with Crippen LogP contribution in [0.3, 0.4) is 0 Å². The number of hydrogen-bond acceptors (Lipinski definition) is 7. The van der Waals surface area contributed by atoms with Crippen LogP contribution in [0.5, 0.6) is 5.88 Å². The third-order valence-corrected chi connectivity index (χ3v) is 4.80. The lowest BCUT2D eigenvalue weighted by atomic mass is 10.1. The smallest absolute Gasteiger partial charge is 0.259 e. The minimum absolute atomic E-state index is 0.164. The van der Waals surface area contributed by atoms with Crippen LogP contribution in [0.4, 0.5) is 11.5 Å². The summed E-state index contributed by atoms with van der Waals surface area (Å²) < 4.78 is 5.16. The second kappa shape index (κ2) is 8.23. The Morgan fingerprint density at radius 1 is 1.10 bits per heavy atom. The van der Waals surface area contributed by atoms with Gasteiger partial charge in [-0.3, -0.25) is 14.6 Å². The number of aromatic amines is 1. The van der Waals surface area contributed by atoms with Crippen molar-refractivity contribution >= 4 is 28.2 Å². The lowest BCUT2D eigenvalue weighted by Crippen LogP contribution is -2.18. The fourth-order valence-corrected chi connectivity index (χ4v) is 3.27. The van der Waals surface area contributed by atoms with Gasteiger partial charge >= 0.3 is 0 Å². The van der Waals surface area contributed by atoms with Gasteiger partial charge in [0.15, 0.2) is 0 Å². The van der Waals surface area contributed by atoms with E-state index in [0.717, 1.165) is 5.56 Å². The van der Waals surface area contributed by atoms with Gasteiger partial charge in [0.1, 0.15) is 11.5 Å². The van der Waals surface area contributed by atoms with E-state index in [-0.39, 0.29) is 11.5 Å². The Labute approximate surface area is 177 Å². The first kappa shape index (κ1) is 20.0. The standard InChI is InChI=1S/C22H20N6O3/c1-12-8-14(4-5-15(12)21(29)23-2)26-20-19-13(6-7-25-22(19)30)9-16(28-20)17-10-24-11-18(27-17)31-3/h4-11H,1-3H3,(H,23,29)(H,25,30)(H,26,28). The van der Waals surface area contributed by atoms with Gasteiger partial charge in [-0.1, -0.05) is 0 Å². The number of methoxy groups -OCH3 is 1. The average Bonchev–Trinajstić information content (AvgIpc) is 2.78. The molecule has 0 spiro atoms. The maximum absolute atomic E-state index is 12.6. The molecule has 0 atom stereocenters. The van der Waals surface area contributed by atoms with Crippen LogP contribution in [0.2, 0.25) is 0 Å². The van der Waals surface area contributed by atoms with E-state index in [4.69, 9.17) is 4.74 Å². The van der Waals surface area contributed by atoms with Gasteiger partial charge in [0, 0.05) is 24.5 Å². The van der Waals surface area contributed by atoms with Crippen molar-refractivity contribution in [3.05, 3.63) is 70.4 Å². The van der Waals surface area contributed by atoms with Gasteiger partial charge in [-0.05, 0) is 48.2 Å². The van der Waals surface area contributed by atoms with Crippen LogP contribution in [0, 0.1) is 6.92 Å². The number of nitrogens with zero attached hydrogens (tertiary/aromatic N) is 3. The molecule has 0 radical (unpaired) electrons. The van der Waals surface area contributed by atoms with E-state index < -0.39 is 0 Å². The number of anilines is 2. The van der Waals surface area contributed by atoms with Crippen molar-refractivity contribution in [1.82, 2.24) is 25.3 Å². The Hall–Kier alpha value is -4.27. The van der Waals surface area contributed by atoms with Crippen LogP contribution in [0.15, 0.2) is 53.7 Å². The minimum Gasteiger partial charge on any atom is -0.480 e. The van der Waals surface area contributed by atoms with Crippen LogP contribution in [-0.4, -0.2) is 40.0 Å². The van der Waals surface area contributed by atoms with Gasteiger partial charge in [-0.2, -0.15) is 0 Å². The number of carbonyl (C=O) groups is 1. The van der Waals surface area contributed by atoms with Crippen molar-refractivity contribution in [3.63, 3.8) is 0 Å². The molecule has 9 nitrogen and oxygen atoms in total. The predicted molar refractivity (Wildman–Crippen MR) is 118 cm³/mol. The molecule has 0 saturated carbocycles. The zero-order valence-corrected chi connectivity index (χ0v) is 17.2. The minimum atomic E-state index is -0.269. The zero-order valence-electron chi connectivity index (χ0n) is 17.2. The number of rotatable bonds is 5. The van der Waals surface area contributed by atoms with Crippen LogP contribution < -0.4 is 20.9 Å². The molecule has 1 amide bonds. The summed E-state index contributed by atoms with van der Waals surface area (Å²) in [5, 5.41) is 6.93. The highest BCUT2D eigenvalue weighted by atomic mass is 16.5. The van der Waals surface area contributed by atoms with Crippen molar-refractivity contribution in [2.45, 2.75) is 6.92 Å². The maximum atomic E-state index is 12.6. The maximum Gasteiger partial charge on any atom is 0.259 e. The number of pyridine rings is 2. The molecule has 0 aliphatic heterocycles. The molecule has 0 bridgehead atoms. The Bertz CT molecular complexity index is 1350. The summed E-state index contributed by atoms with van der Waals surface area (Å²) in [5.74, 6) is 0.564. The van der Waals surface area contributed by atoms with Gasteiger partial charge in [-0.15, -0.1) is 0 Å². The van der Waals surface area contributed by atoms with Crippen LogP contribution >= 0.6 is 0 Å².